The van der Waals surface area contributed by atoms with Crippen LogP contribution in [0, 0.1) is 13.8 Å². The van der Waals surface area contributed by atoms with Crippen LogP contribution in [0.1, 0.15) is 11.1 Å². The normalized spacial score (nSPS) is 12.0. The molecular weight excluding hydrogens is 358 g/mol. The molecule has 29 heavy (non-hydrogen) atoms. The van der Waals surface area contributed by atoms with E-state index in [9.17, 15) is 0 Å². The van der Waals surface area contributed by atoms with Crippen molar-refractivity contribution in [2.45, 2.75) is 13.8 Å². The molecule has 6 aromatic rings. The van der Waals surface area contributed by atoms with Crippen molar-refractivity contribution in [3.8, 4) is 11.3 Å². The summed E-state index contributed by atoms with van der Waals surface area (Å²) in [4.78, 5) is 0. The van der Waals surface area contributed by atoms with Crippen LogP contribution in [-0.2, 0) is 7.05 Å². The Labute approximate surface area is 167 Å². The van der Waals surface area contributed by atoms with Gasteiger partial charge >= 0.3 is 0 Å². The van der Waals surface area contributed by atoms with Crippen LogP contribution in [0.4, 0.5) is 0 Å². The predicted octanol–water partition coefficient (Wildman–Crippen LogP) is 6.59. The molecular formula is C26H20NO2+. The number of aromatic nitrogens is 1. The molecule has 0 radical (unpaired) electrons. The lowest BCUT2D eigenvalue weighted by atomic mass is 9.99. The minimum Gasteiger partial charge on any atom is -0.456 e. The quantitative estimate of drug-likeness (QED) is 0.302. The number of hydrogen-bond donors (Lipinski definition) is 0. The van der Waals surface area contributed by atoms with Gasteiger partial charge in [-0.05, 0) is 43.7 Å². The number of fused-ring (bicyclic) bond motifs is 7. The number of furan rings is 2. The van der Waals surface area contributed by atoms with Crippen LogP contribution in [0.2, 0.25) is 0 Å². The summed E-state index contributed by atoms with van der Waals surface area (Å²) < 4.78 is 14.8. The van der Waals surface area contributed by atoms with Gasteiger partial charge in [0.2, 0.25) is 5.69 Å². The van der Waals surface area contributed by atoms with Gasteiger partial charge in [-0.3, -0.25) is 0 Å². The van der Waals surface area contributed by atoms with Crippen LogP contribution in [-0.4, -0.2) is 0 Å². The summed E-state index contributed by atoms with van der Waals surface area (Å²) in [5.41, 5.74) is 8.33. The summed E-state index contributed by atoms with van der Waals surface area (Å²) in [5.74, 6) is 0. The van der Waals surface area contributed by atoms with Gasteiger partial charge in [-0.25, -0.2) is 4.57 Å². The second-order valence-corrected chi connectivity index (χ2v) is 7.85. The van der Waals surface area contributed by atoms with Crippen LogP contribution in [0.25, 0.3) is 55.1 Å². The highest BCUT2D eigenvalue weighted by atomic mass is 16.3. The first-order valence-corrected chi connectivity index (χ1v) is 9.84. The Morgan fingerprint density at radius 1 is 0.690 bits per heavy atom. The van der Waals surface area contributed by atoms with Crippen molar-refractivity contribution in [1.29, 1.82) is 0 Å². The smallest absolute Gasteiger partial charge is 0.216 e. The second kappa shape index (κ2) is 5.71. The topological polar surface area (TPSA) is 30.2 Å². The number of para-hydroxylation sites is 1. The van der Waals surface area contributed by atoms with Crippen molar-refractivity contribution in [2.24, 2.45) is 7.05 Å². The van der Waals surface area contributed by atoms with Crippen molar-refractivity contribution in [1.82, 2.24) is 0 Å². The molecule has 6 rings (SSSR count). The Bertz CT molecular complexity index is 1580. The fraction of sp³-hybridized carbons (Fsp3) is 0.115. The molecule has 0 aliphatic carbocycles. The molecule has 3 nitrogen and oxygen atoms in total. The van der Waals surface area contributed by atoms with Crippen molar-refractivity contribution in [2.75, 3.05) is 0 Å². The average Bonchev–Trinajstić information content (AvgIpc) is 3.26. The number of pyridine rings is 1. The number of nitrogens with zero attached hydrogens (tertiary/aromatic N) is 1. The SMILES string of the molecule is Cc1ccc(-c2c(C)ccc3c2oc2ccc4oc5ccccc5c4c23)[n+](C)c1. The highest BCUT2D eigenvalue weighted by Gasteiger charge is 2.22. The fourth-order valence-corrected chi connectivity index (χ4v) is 4.57. The van der Waals surface area contributed by atoms with E-state index in [-0.39, 0.29) is 0 Å². The lowest BCUT2D eigenvalue weighted by molar-refractivity contribution is -0.660. The molecule has 0 unspecified atom stereocenters. The summed E-state index contributed by atoms with van der Waals surface area (Å²) in [7, 11) is 2.09. The van der Waals surface area contributed by atoms with Crippen molar-refractivity contribution >= 4 is 43.9 Å². The maximum atomic E-state index is 6.48. The van der Waals surface area contributed by atoms with E-state index in [1.54, 1.807) is 0 Å². The fourth-order valence-electron chi connectivity index (χ4n) is 4.57. The third kappa shape index (κ3) is 2.21. The standard InChI is InChI=1S/C26H20NO2/c1-15-8-11-19(27(3)14-15)23-16(2)9-10-18-25-22(29-26(18)23)13-12-21-24(25)17-6-4-5-7-20(17)28-21/h4-14H,1-3H3/q+1. The predicted molar refractivity (Wildman–Crippen MR) is 117 cm³/mol. The van der Waals surface area contributed by atoms with E-state index in [0.29, 0.717) is 0 Å². The first kappa shape index (κ1) is 16.4. The highest BCUT2D eigenvalue weighted by molar-refractivity contribution is 6.26. The van der Waals surface area contributed by atoms with E-state index in [1.807, 2.05) is 24.3 Å². The van der Waals surface area contributed by atoms with E-state index in [1.165, 1.54) is 11.1 Å². The van der Waals surface area contributed by atoms with Crippen LogP contribution in [0.3, 0.4) is 0 Å². The average molecular weight is 378 g/mol. The molecule has 0 bridgehead atoms. The molecule has 0 fully saturated rings. The molecule has 0 atom stereocenters. The van der Waals surface area contributed by atoms with Gasteiger partial charge < -0.3 is 8.83 Å². The molecule has 0 saturated heterocycles. The third-order valence-corrected chi connectivity index (χ3v) is 5.89. The Kier molecular flexibility index (Phi) is 3.22. The zero-order chi connectivity index (χ0) is 19.7. The van der Waals surface area contributed by atoms with Crippen molar-refractivity contribution < 1.29 is 13.4 Å². The number of rotatable bonds is 1. The zero-order valence-electron chi connectivity index (χ0n) is 16.6. The van der Waals surface area contributed by atoms with Gasteiger partial charge in [0.05, 0.1) is 5.56 Å². The molecule has 3 heteroatoms. The van der Waals surface area contributed by atoms with Gasteiger partial charge in [0.25, 0.3) is 0 Å². The van der Waals surface area contributed by atoms with Gasteiger partial charge in [-0.15, -0.1) is 0 Å². The number of aryl methyl sites for hydroxylation is 3. The molecule has 0 amide bonds. The Balaban J connectivity index is 1.81. The van der Waals surface area contributed by atoms with E-state index < -0.39 is 0 Å². The van der Waals surface area contributed by atoms with Crippen LogP contribution < -0.4 is 4.57 Å². The van der Waals surface area contributed by atoms with Crippen molar-refractivity contribution in [3.63, 3.8) is 0 Å². The Morgan fingerprint density at radius 3 is 2.28 bits per heavy atom. The molecule has 3 heterocycles. The molecule has 0 N–H and O–H groups in total. The highest BCUT2D eigenvalue weighted by Crippen LogP contribution is 2.42. The van der Waals surface area contributed by atoms with Gasteiger partial charge in [0.15, 0.2) is 6.20 Å². The van der Waals surface area contributed by atoms with E-state index in [2.05, 4.69) is 68.1 Å². The number of hydrogen-bond acceptors (Lipinski definition) is 2. The van der Waals surface area contributed by atoms with Gasteiger partial charge in [0.1, 0.15) is 29.4 Å². The summed E-state index contributed by atoms with van der Waals surface area (Å²) in [6, 6.07) is 20.9. The maximum Gasteiger partial charge on any atom is 0.216 e. The van der Waals surface area contributed by atoms with Gasteiger partial charge in [-0.2, -0.15) is 0 Å². The van der Waals surface area contributed by atoms with Crippen LogP contribution in [0.15, 0.2) is 75.7 Å². The minimum absolute atomic E-state index is 0.890. The summed E-state index contributed by atoms with van der Waals surface area (Å²) in [6.07, 6.45) is 2.15. The molecule has 3 aromatic carbocycles. The first-order valence-electron chi connectivity index (χ1n) is 9.84. The lowest BCUT2D eigenvalue weighted by Gasteiger charge is -2.06. The van der Waals surface area contributed by atoms with E-state index in [0.717, 1.165) is 55.1 Å². The van der Waals surface area contributed by atoms with Gasteiger partial charge in [0, 0.05) is 33.2 Å². The van der Waals surface area contributed by atoms with Crippen LogP contribution >= 0.6 is 0 Å². The van der Waals surface area contributed by atoms with Crippen LogP contribution in [0.5, 0.6) is 0 Å². The molecule has 3 aromatic heterocycles. The molecule has 0 spiro atoms. The lowest BCUT2D eigenvalue weighted by Crippen LogP contribution is -2.31. The summed E-state index contributed by atoms with van der Waals surface area (Å²) in [5, 5.41) is 4.50. The summed E-state index contributed by atoms with van der Waals surface area (Å²) >= 11 is 0. The largest absolute Gasteiger partial charge is 0.456 e. The monoisotopic (exact) mass is 378 g/mol. The molecule has 0 saturated carbocycles. The minimum atomic E-state index is 0.890. The molecule has 140 valence electrons. The number of benzene rings is 3. The van der Waals surface area contributed by atoms with E-state index >= 15 is 0 Å². The Morgan fingerprint density at radius 2 is 1.45 bits per heavy atom. The molecule has 0 aliphatic rings. The van der Waals surface area contributed by atoms with Gasteiger partial charge in [-0.1, -0.05) is 30.3 Å². The Hall–Kier alpha value is -3.59. The molecule has 0 aliphatic heterocycles. The zero-order valence-corrected chi connectivity index (χ0v) is 16.6. The van der Waals surface area contributed by atoms with E-state index in [4.69, 9.17) is 8.83 Å². The third-order valence-electron chi connectivity index (χ3n) is 5.89. The second-order valence-electron chi connectivity index (χ2n) is 7.85. The maximum absolute atomic E-state index is 6.48. The van der Waals surface area contributed by atoms with Crippen molar-refractivity contribution in [3.05, 3.63) is 78.0 Å². The first-order chi connectivity index (χ1) is 14.1. The summed E-state index contributed by atoms with van der Waals surface area (Å²) in [6.45, 7) is 4.25.